The summed E-state index contributed by atoms with van der Waals surface area (Å²) in [5.74, 6) is 0.420. The van der Waals surface area contributed by atoms with Gasteiger partial charge in [0.05, 0.1) is 24.3 Å². The van der Waals surface area contributed by atoms with Crippen molar-refractivity contribution in [2.45, 2.75) is 6.10 Å². The average molecular weight is 536 g/mol. The number of aliphatic hydroxyl groups excluding tert-OH is 1. The molecule has 0 spiro atoms. The van der Waals surface area contributed by atoms with Crippen molar-refractivity contribution in [2.75, 3.05) is 41.7 Å². The van der Waals surface area contributed by atoms with E-state index in [1.807, 2.05) is 30.3 Å². The zero-order valence-corrected chi connectivity index (χ0v) is 21.4. The van der Waals surface area contributed by atoms with Crippen LogP contribution in [0.1, 0.15) is 11.7 Å². The number of benzene rings is 3. The molecule has 3 rings (SSSR count). The molecule has 0 saturated carbocycles. The van der Waals surface area contributed by atoms with Crippen LogP contribution in [0, 0.1) is 0 Å². The first kappa shape index (κ1) is 27.3. The first-order chi connectivity index (χ1) is 16.9. The van der Waals surface area contributed by atoms with Gasteiger partial charge in [-0.15, -0.1) is 0 Å². The monoisotopic (exact) mass is 535 g/mol. The number of sulfonamides is 2. The van der Waals surface area contributed by atoms with Crippen LogP contribution in [-0.4, -0.2) is 59.3 Å². The van der Waals surface area contributed by atoms with E-state index < -0.39 is 26.2 Å². The van der Waals surface area contributed by atoms with E-state index in [0.717, 1.165) is 23.6 Å². The summed E-state index contributed by atoms with van der Waals surface area (Å²) in [5, 5.41) is 23.2. The first-order valence-electron chi connectivity index (χ1n) is 10.9. The van der Waals surface area contributed by atoms with Crippen molar-refractivity contribution in [3.63, 3.8) is 0 Å². The maximum absolute atomic E-state index is 11.4. The third-order valence-electron chi connectivity index (χ3n) is 4.94. The van der Waals surface area contributed by atoms with Crippen LogP contribution < -0.4 is 19.5 Å². The summed E-state index contributed by atoms with van der Waals surface area (Å²) < 4.78 is 56.1. The largest absolute Gasteiger partial charge is 0.506 e. The third kappa shape index (κ3) is 8.72. The molecule has 5 N–H and O–H groups in total. The number of anilines is 2. The van der Waals surface area contributed by atoms with Crippen LogP contribution in [0.3, 0.4) is 0 Å². The lowest BCUT2D eigenvalue weighted by atomic mass is 10.1. The third-order valence-corrected chi connectivity index (χ3v) is 6.14. The van der Waals surface area contributed by atoms with Crippen molar-refractivity contribution < 1.29 is 31.8 Å². The van der Waals surface area contributed by atoms with Crippen molar-refractivity contribution in [2.24, 2.45) is 0 Å². The molecule has 194 valence electrons. The van der Waals surface area contributed by atoms with Crippen LogP contribution in [0.2, 0.25) is 0 Å². The van der Waals surface area contributed by atoms with Gasteiger partial charge < -0.3 is 20.3 Å². The minimum Gasteiger partial charge on any atom is -0.506 e. The Morgan fingerprint density at radius 3 is 2.22 bits per heavy atom. The van der Waals surface area contributed by atoms with E-state index in [-0.39, 0.29) is 18.0 Å². The second-order valence-electron chi connectivity index (χ2n) is 8.20. The Morgan fingerprint density at radius 1 is 0.861 bits per heavy atom. The number of hydrogen-bond acceptors (Lipinski definition) is 8. The van der Waals surface area contributed by atoms with Crippen molar-refractivity contribution >= 4 is 31.4 Å². The number of phenols is 1. The molecule has 0 bridgehead atoms. The molecule has 0 saturated heterocycles. The molecule has 3 aromatic carbocycles. The number of phenolic OH excluding ortho intramolecular Hbond substituents is 1. The van der Waals surface area contributed by atoms with Gasteiger partial charge in [-0.2, -0.15) is 0 Å². The predicted molar refractivity (Wildman–Crippen MR) is 140 cm³/mol. The summed E-state index contributed by atoms with van der Waals surface area (Å²) in [4.78, 5) is 0. The second kappa shape index (κ2) is 11.6. The van der Waals surface area contributed by atoms with Crippen LogP contribution in [-0.2, 0) is 20.0 Å². The van der Waals surface area contributed by atoms with Gasteiger partial charge in [0.1, 0.15) is 18.1 Å². The zero-order valence-electron chi connectivity index (χ0n) is 19.8. The molecule has 0 aliphatic carbocycles. The number of aliphatic hydroxyl groups is 1. The molecule has 0 aliphatic heterocycles. The number of aromatic hydroxyl groups is 1. The maximum Gasteiger partial charge on any atom is 0.229 e. The highest BCUT2D eigenvalue weighted by molar-refractivity contribution is 7.92. The number of nitrogens with one attached hydrogen (secondary N) is 3. The van der Waals surface area contributed by atoms with Gasteiger partial charge in [0.25, 0.3) is 0 Å². The van der Waals surface area contributed by atoms with E-state index in [0.29, 0.717) is 30.2 Å². The fourth-order valence-corrected chi connectivity index (χ4v) is 4.48. The molecule has 0 aliphatic rings. The van der Waals surface area contributed by atoms with E-state index in [2.05, 4.69) is 14.8 Å². The second-order valence-corrected chi connectivity index (χ2v) is 11.7. The molecule has 0 radical (unpaired) electrons. The number of rotatable bonds is 12. The van der Waals surface area contributed by atoms with Crippen molar-refractivity contribution in [1.29, 1.82) is 0 Å². The maximum atomic E-state index is 11.4. The van der Waals surface area contributed by atoms with Gasteiger partial charge in [0.15, 0.2) is 0 Å². The molecule has 3 aromatic rings. The van der Waals surface area contributed by atoms with Crippen molar-refractivity contribution in [1.82, 2.24) is 5.32 Å². The Hall–Kier alpha value is -3.32. The lowest BCUT2D eigenvalue weighted by Gasteiger charge is -2.15. The fourth-order valence-electron chi connectivity index (χ4n) is 3.36. The van der Waals surface area contributed by atoms with Gasteiger partial charge in [-0.25, -0.2) is 16.8 Å². The molecule has 1 atom stereocenters. The standard InChI is InChI=1S/C24H29N3O7S2/c1-35(30,31)26-20-5-3-4-18(14-20)17-6-9-21(10-7-17)34-13-12-25-16-24(29)19-8-11-23(28)22(15-19)27-36(2,32)33/h3-11,14-15,24-29H,12-13,16H2,1-2H3/t24-/m0/s1. The zero-order chi connectivity index (χ0) is 26.3. The SMILES string of the molecule is CS(=O)(=O)Nc1cccc(-c2ccc(OCCNC[C@H](O)c3ccc(O)c(NS(C)(=O)=O)c3)cc2)c1. The van der Waals surface area contributed by atoms with Crippen molar-refractivity contribution in [3.8, 4) is 22.6 Å². The highest BCUT2D eigenvalue weighted by atomic mass is 32.2. The molecule has 0 unspecified atom stereocenters. The first-order valence-corrected chi connectivity index (χ1v) is 14.7. The minimum atomic E-state index is -3.57. The van der Waals surface area contributed by atoms with Crippen LogP contribution in [0.5, 0.6) is 11.5 Å². The normalized spacial score (nSPS) is 12.6. The summed E-state index contributed by atoms with van der Waals surface area (Å²) in [7, 11) is -6.92. The molecule has 10 nitrogen and oxygen atoms in total. The lowest BCUT2D eigenvalue weighted by Crippen LogP contribution is -2.26. The van der Waals surface area contributed by atoms with Gasteiger partial charge in [-0.1, -0.05) is 30.3 Å². The Kier molecular flexibility index (Phi) is 8.79. The molecule has 12 heteroatoms. The Balaban J connectivity index is 1.47. The van der Waals surface area contributed by atoms with Gasteiger partial charge in [0.2, 0.25) is 20.0 Å². The average Bonchev–Trinajstić information content (AvgIpc) is 2.79. The van der Waals surface area contributed by atoms with E-state index >= 15 is 0 Å². The van der Waals surface area contributed by atoms with E-state index in [9.17, 15) is 27.0 Å². The van der Waals surface area contributed by atoms with Crippen molar-refractivity contribution in [3.05, 3.63) is 72.3 Å². The predicted octanol–water partition coefficient (Wildman–Crippen LogP) is 2.50. The molecule has 0 amide bonds. The highest BCUT2D eigenvalue weighted by Crippen LogP contribution is 2.28. The molecular formula is C24H29N3O7S2. The van der Waals surface area contributed by atoms with E-state index in [1.54, 1.807) is 18.2 Å². The molecule has 0 heterocycles. The van der Waals surface area contributed by atoms with Gasteiger partial charge >= 0.3 is 0 Å². The van der Waals surface area contributed by atoms with Crippen LogP contribution in [0.15, 0.2) is 66.7 Å². The molecule has 36 heavy (non-hydrogen) atoms. The molecule has 0 fully saturated rings. The van der Waals surface area contributed by atoms with Crippen LogP contribution in [0.25, 0.3) is 11.1 Å². The van der Waals surface area contributed by atoms with Gasteiger partial charge in [0, 0.05) is 18.8 Å². The smallest absolute Gasteiger partial charge is 0.229 e. The topological polar surface area (TPSA) is 154 Å². The summed E-state index contributed by atoms with van der Waals surface area (Å²) in [6, 6.07) is 18.7. The van der Waals surface area contributed by atoms with E-state index in [1.165, 1.54) is 18.2 Å². The lowest BCUT2D eigenvalue weighted by molar-refractivity contribution is 0.172. The minimum absolute atomic E-state index is 0.000726. The van der Waals surface area contributed by atoms with Crippen LogP contribution >= 0.6 is 0 Å². The number of hydrogen-bond donors (Lipinski definition) is 5. The van der Waals surface area contributed by atoms with Crippen LogP contribution in [0.4, 0.5) is 11.4 Å². The van der Waals surface area contributed by atoms with Gasteiger partial charge in [-0.3, -0.25) is 9.44 Å². The Morgan fingerprint density at radius 2 is 1.56 bits per heavy atom. The van der Waals surface area contributed by atoms with Gasteiger partial charge in [-0.05, 0) is 53.1 Å². The Labute approximate surface area is 211 Å². The van der Waals surface area contributed by atoms with E-state index in [4.69, 9.17) is 4.74 Å². The summed E-state index contributed by atoms with van der Waals surface area (Å²) in [6.07, 6.45) is 1.16. The highest BCUT2D eigenvalue weighted by Gasteiger charge is 2.13. The fraction of sp³-hybridized carbons (Fsp3) is 0.250. The quantitative estimate of drug-likeness (QED) is 0.175. The molecule has 0 aromatic heterocycles. The summed E-state index contributed by atoms with van der Waals surface area (Å²) >= 11 is 0. The molecular weight excluding hydrogens is 506 g/mol. The summed E-state index contributed by atoms with van der Waals surface area (Å²) in [5.41, 5.74) is 2.69. The summed E-state index contributed by atoms with van der Waals surface area (Å²) in [6.45, 7) is 0.990. The Bertz CT molecular complexity index is 1390. The number of ether oxygens (including phenoxy) is 1.